The fourth-order valence-corrected chi connectivity index (χ4v) is 3.31. The number of aliphatic hydroxyl groups excluding tert-OH is 1. The Morgan fingerprint density at radius 3 is 2.35 bits per heavy atom. The third-order valence-electron chi connectivity index (χ3n) is 4.61. The van der Waals surface area contributed by atoms with Gasteiger partial charge in [0, 0.05) is 18.6 Å². The Bertz CT molecular complexity index is 577. The second-order valence-corrected chi connectivity index (χ2v) is 7.53. The molecule has 0 aliphatic carbocycles. The van der Waals surface area contributed by atoms with Crippen LogP contribution in [0.25, 0.3) is 0 Å². The molecule has 0 bridgehead atoms. The van der Waals surface area contributed by atoms with Crippen molar-refractivity contribution < 1.29 is 14.6 Å². The number of nitrogens with zero attached hydrogens (tertiary/aromatic N) is 1. The number of aliphatic hydroxyl groups is 1. The van der Waals surface area contributed by atoms with Gasteiger partial charge >= 0.3 is 5.97 Å². The second kappa shape index (κ2) is 10.3. The Morgan fingerprint density at radius 1 is 1.27 bits per heavy atom. The van der Waals surface area contributed by atoms with Gasteiger partial charge in [-0.05, 0) is 17.9 Å². The van der Waals surface area contributed by atoms with Crippen molar-refractivity contribution >= 4 is 5.97 Å². The van der Waals surface area contributed by atoms with Crippen molar-refractivity contribution in [3.63, 3.8) is 0 Å². The SMILES string of the molecule is C=CCN(C(C)c1ccccc1)[C@H](C=C)[C@@H](C(=O)OCCO)C(C)(C)C. The lowest BCUT2D eigenvalue weighted by Crippen LogP contribution is -2.49. The molecule has 0 fully saturated rings. The summed E-state index contributed by atoms with van der Waals surface area (Å²) in [5, 5.41) is 9.00. The van der Waals surface area contributed by atoms with Crippen LogP contribution in [-0.4, -0.2) is 41.8 Å². The van der Waals surface area contributed by atoms with E-state index in [9.17, 15) is 4.79 Å². The van der Waals surface area contributed by atoms with E-state index in [0.29, 0.717) is 6.54 Å². The van der Waals surface area contributed by atoms with Gasteiger partial charge in [-0.2, -0.15) is 0 Å². The molecule has 1 aromatic carbocycles. The Morgan fingerprint density at radius 2 is 1.88 bits per heavy atom. The highest BCUT2D eigenvalue weighted by Crippen LogP contribution is 2.36. The van der Waals surface area contributed by atoms with Gasteiger partial charge < -0.3 is 9.84 Å². The van der Waals surface area contributed by atoms with Gasteiger partial charge in [0.25, 0.3) is 0 Å². The highest BCUT2D eigenvalue weighted by Gasteiger charge is 2.41. The highest BCUT2D eigenvalue weighted by molar-refractivity contribution is 5.74. The fraction of sp³-hybridized carbons (Fsp3) is 0.500. The molecule has 0 heterocycles. The molecule has 0 saturated carbocycles. The first-order chi connectivity index (χ1) is 12.3. The molecule has 1 unspecified atom stereocenters. The maximum absolute atomic E-state index is 12.8. The van der Waals surface area contributed by atoms with Crippen LogP contribution in [0.2, 0.25) is 0 Å². The zero-order chi connectivity index (χ0) is 19.7. The van der Waals surface area contributed by atoms with Crippen molar-refractivity contribution in [2.45, 2.75) is 39.8 Å². The molecule has 144 valence electrons. The lowest BCUT2D eigenvalue weighted by molar-refractivity contribution is -0.156. The minimum absolute atomic E-state index is 0.00493. The molecule has 0 amide bonds. The molecular formula is C22H33NO3. The monoisotopic (exact) mass is 359 g/mol. The minimum Gasteiger partial charge on any atom is -0.463 e. The lowest BCUT2D eigenvalue weighted by Gasteiger charge is -2.42. The maximum atomic E-state index is 12.8. The van der Waals surface area contributed by atoms with Crippen LogP contribution in [0, 0.1) is 11.3 Å². The van der Waals surface area contributed by atoms with Gasteiger partial charge in [0.05, 0.1) is 12.5 Å². The molecular weight excluding hydrogens is 326 g/mol. The molecule has 0 aromatic heterocycles. The minimum atomic E-state index is -0.419. The van der Waals surface area contributed by atoms with Crippen molar-refractivity contribution in [3.05, 3.63) is 61.2 Å². The number of esters is 1. The summed E-state index contributed by atoms with van der Waals surface area (Å²) in [7, 11) is 0. The van der Waals surface area contributed by atoms with Crippen LogP contribution in [0.15, 0.2) is 55.6 Å². The van der Waals surface area contributed by atoms with E-state index in [-0.39, 0.29) is 36.7 Å². The molecule has 4 heteroatoms. The first kappa shape index (κ1) is 22.1. The first-order valence-corrected chi connectivity index (χ1v) is 9.09. The lowest BCUT2D eigenvalue weighted by atomic mass is 9.75. The number of rotatable bonds is 10. The number of carbonyl (C=O) groups is 1. The Labute approximate surface area is 158 Å². The summed E-state index contributed by atoms with van der Waals surface area (Å²) in [4.78, 5) is 15.0. The largest absolute Gasteiger partial charge is 0.463 e. The number of ether oxygens (including phenoxy) is 1. The van der Waals surface area contributed by atoms with Crippen molar-refractivity contribution in [2.75, 3.05) is 19.8 Å². The van der Waals surface area contributed by atoms with Crippen molar-refractivity contribution in [1.82, 2.24) is 4.90 Å². The van der Waals surface area contributed by atoms with Gasteiger partial charge in [-0.3, -0.25) is 9.69 Å². The third kappa shape index (κ3) is 5.82. The summed E-state index contributed by atoms with van der Waals surface area (Å²) in [6.45, 7) is 16.5. The summed E-state index contributed by atoms with van der Waals surface area (Å²) in [5.41, 5.74) is 0.832. The van der Waals surface area contributed by atoms with Gasteiger partial charge in [0.15, 0.2) is 0 Å². The third-order valence-corrected chi connectivity index (χ3v) is 4.61. The molecule has 0 aliphatic heterocycles. The molecule has 0 radical (unpaired) electrons. The highest BCUT2D eigenvalue weighted by atomic mass is 16.5. The summed E-state index contributed by atoms with van der Waals surface area (Å²) < 4.78 is 5.29. The molecule has 1 aromatic rings. The molecule has 0 saturated heterocycles. The standard InChI is InChI=1S/C22H33NO3/c1-7-14-23(17(3)18-12-10-9-11-13-18)19(8-2)20(22(4,5)6)21(25)26-16-15-24/h7-13,17,19-20,24H,1-2,14-16H2,3-6H3/t17?,19-,20+/m1/s1. The zero-order valence-electron chi connectivity index (χ0n) is 16.5. The number of hydrogen-bond acceptors (Lipinski definition) is 4. The van der Waals surface area contributed by atoms with E-state index < -0.39 is 5.92 Å². The zero-order valence-corrected chi connectivity index (χ0v) is 16.5. The number of benzene rings is 1. The van der Waals surface area contributed by atoms with E-state index in [0.717, 1.165) is 5.56 Å². The van der Waals surface area contributed by atoms with Crippen molar-refractivity contribution in [3.8, 4) is 0 Å². The van der Waals surface area contributed by atoms with E-state index in [2.05, 4.69) is 37.1 Å². The first-order valence-electron chi connectivity index (χ1n) is 9.09. The topological polar surface area (TPSA) is 49.8 Å². The van der Waals surface area contributed by atoms with Gasteiger partial charge in [0.2, 0.25) is 0 Å². The van der Waals surface area contributed by atoms with E-state index in [1.165, 1.54) is 0 Å². The number of carbonyl (C=O) groups excluding carboxylic acids is 1. The van der Waals surface area contributed by atoms with Gasteiger partial charge in [-0.1, -0.05) is 63.3 Å². The normalized spacial score (nSPS) is 15.2. The summed E-state index contributed by atoms with van der Waals surface area (Å²) in [6.07, 6.45) is 3.66. The summed E-state index contributed by atoms with van der Waals surface area (Å²) >= 11 is 0. The quantitative estimate of drug-likeness (QED) is 0.507. The van der Waals surface area contributed by atoms with Gasteiger partial charge in [-0.25, -0.2) is 0 Å². The Balaban J connectivity index is 3.26. The Hall–Kier alpha value is -1.91. The van der Waals surface area contributed by atoms with Crippen LogP contribution in [-0.2, 0) is 9.53 Å². The second-order valence-electron chi connectivity index (χ2n) is 7.53. The number of hydrogen-bond donors (Lipinski definition) is 1. The van der Waals surface area contributed by atoms with Crippen molar-refractivity contribution in [2.24, 2.45) is 11.3 Å². The Kier molecular flexibility index (Phi) is 8.76. The summed E-state index contributed by atoms with van der Waals surface area (Å²) in [6, 6.07) is 10.0. The fourth-order valence-electron chi connectivity index (χ4n) is 3.31. The van der Waals surface area contributed by atoms with Gasteiger partial charge in [-0.15, -0.1) is 13.2 Å². The van der Waals surface area contributed by atoms with E-state index in [1.54, 1.807) is 0 Å². The van der Waals surface area contributed by atoms with Crippen LogP contribution >= 0.6 is 0 Å². The average Bonchev–Trinajstić information content (AvgIpc) is 2.61. The van der Waals surface area contributed by atoms with Crippen LogP contribution in [0.5, 0.6) is 0 Å². The molecule has 0 aliphatic rings. The smallest absolute Gasteiger partial charge is 0.311 e. The van der Waals surface area contributed by atoms with Crippen LogP contribution in [0.4, 0.5) is 0 Å². The molecule has 26 heavy (non-hydrogen) atoms. The molecule has 4 nitrogen and oxygen atoms in total. The summed E-state index contributed by atoms with van der Waals surface area (Å²) in [5.74, 6) is -0.733. The predicted molar refractivity (Wildman–Crippen MR) is 107 cm³/mol. The van der Waals surface area contributed by atoms with E-state index >= 15 is 0 Å². The molecule has 3 atom stereocenters. The van der Waals surface area contributed by atoms with Gasteiger partial charge in [0.1, 0.15) is 6.61 Å². The maximum Gasteiger partial charge on any atom is 0.311 e. The average molecular weight is 360 g/mol. The van der Waals surface area contributed by atoms with Crippen LogP contribution in [0.3, 0.4) is 0 Å². The molecule has 0 spiro atoms. The molecule has 1 N–H and O–H groups in total. The van der Waals surface area contributed by atoms with Crippen LogP contribution in [0.1, 0.15) is 39.3 Å². The van der Waals surface area contributed by atoms with Crippen molar-refractivity contribution in [1.29, 1.82) is 0 Å². The predicted octanol–water partition coefficient (Wildman–Crippen LogP) is 3.99. The van der Waals surface area contributed by atoms with Crippen LogP contribution < -0.4 is 0 Å². The van der Waals surface area contributed by atoms with E-state index in [4.69, 9.17) is 9.84 Å². The molecule has 1 rings (SSSR count). The van der Waals surface area contributed by atoms with E-state index in [1.807, 2.05) is 51.1 Å².